The van der Waals surface area contributed by atoms with Gasteiger partial charge in [-0.1, -0.05) is 23.1 Å². The average Bonchev–Trinajstić information content (AvgIpc) is 2.94. The van der Waals surface area contributed by atoms with Crippen LogP contribution in [0.25, 0.3) is 0 Å². The van der Waals surface area contributed by atoms with Gasteiger partial charge in [-0.05, 0) is 89.0 Å². The number of hydrogen-bond acceptors (Lipinski definition) is 2. The van der Waals surface area contributed by atoms with Gasteiger partial charge in [0.1, 0.15) is 0 Å². The maximum Gasteiger partial charge on any atom is 0.0788 e. The Morgan fingerprint density at radius 1 is 0.654 bits per heavy atom. The molecule has 0 aromatic rings. The summed E-state index contributed by atoms with van der Waals surface area (Å²) in [5.41, 5.74) is 7.03. The zero-order valence-electron chi connectivity index (χ0n) is 16.9. The van der Waals surface area contributed by atoms with Gasteiger partial charge in [0.15, 0.2) is 0 Å². The van der Waals surface area contributed by atoms with E-state index in [1.54, 1.807) is 11.1 Å². The summed E-state index contributed by atoms with van der Waals surface area (Å²) in [7, 11) is 1.86. The van der Waals surface area contributed by atoms with Gasteiger partial charge in [-0.2, -0.15) is 0 Å². The molecular weight excluding hydrogens is 320 g/mol. The minimum Gasteiger partial charge on any atom is -0.384 e. The lowest BCUT2D eigenvalue weighted by molar-refractivity contribution is 0.0323. The van der Waals surface area contributed by atoms with Gasteiger partial charge in [-0.3, -0.25) is 0 Å². The second-order valence-electron chi connectivity index (χ2n) is 9.09. The first-order chi connectivity index (χ1) is 12.9. The molecule has 0 radical (unpaired) electrons. The fourth-order valence-corrected chi connectivity index (χ4v) is 6.15. The lowest BCUT2D eigenvalue weighted by Crippen LogP contribution is -2.30. The van der Waals surface area contributed by atoms with Gasteiger partial charge >= 0.3 is 0 Å². The molecule has 2 nitrogen and oxygen atoms in total. The molecular formula is C24H38O2. The molecule has 0 N–H and O–H groups in total. The van der Waals surface area contributed by atoms with E-state index in [1.807, 2.05) is 18.3 Å². The first-order valence-electron chi connectivity index (χ1n) is 11.4. The first-order valence-corrected chi connectivity index (χ1v) is 11.4. The van der Waals surface area contributed by atoms with Crippen molar-refractivity contribution in [2.75, 3.05) is 20.3 Å². The van der Waals surface area contributed by atoms with Crippen molar-refractivity contribution in [3.05, 3.63) is 22.3 Å². The van der Waals surface area contributed by atoms with Crippen molar-refractivity contribution in [2.24, 2.45) is 11.8 Å². The van der Waals surface area contributed by atoms with Crippen molar-refractivity contribution in [3.8, 4) is 0 Å². The Labute approximate surface area is 160 Å². The van der Waals surface area contributed by atoms with Crippen LogP contribution in [0.15, 0.2) is 22.3 Å². The molecule has 0 aromatic heterocycles. The van der Waals surface area contributed by atoms with E-state index in [2.05, 4.69) is 0 Å². The Morgan fingerprint density at radius 2 is 1.35 bits per heavy atom. The lowest BCUT2D eigenvalue weighted by Gasteiger charge is -2.36. The number of allylic oxidation sites excluding steroid dienone is 1. The first kappa shape index (κ1) is 18.7. The summed E-state index contributed by atoms with van der Waals surface area (Å²) >= 11 is 0. The van der Waals surface area contributed by atoms with E-state index < -0.39 is 0 Å². The van der Waals surface area contributed by atoms with Crippen LogP contribution in [-0.4, -0.2) is 26.4 Å². The summed E-state index contributed by atoms with van der Waals surface area (Å²) in [6.07, 6.45) is 19.3. The van der Waals surface area contributed by atoms with Crippen molar-refractivity contribution in [1.82, 2.24) is 0 Å². The zero-order valence-corrected chi connectivity index (χ0v) is 16.9. The Bertz CT molecular complexity index is 540. The Hall–Kier alpha value is -0.600. The van der Waals surface area contributed by atoms with Crippen LogP contribution >= 0.6 is 0 Å². The molecule has 0 saturated carbocycles. The van der Waals surface area contributed by atoms with Gasteiger partial charge < -0.3 is 9.47 Å². The summed E-state index contributed by atoms with van der Waals surface area (Å²) in [5.74, 6) is 1.39. The Morgan fingerprint density at radius 3 is 2.23 bits per heavy atom. The van der Waals surface area contributed by atoms with E-state index in [1.165, 1.54) is 89.9 Å². The maximum atomic E-state index is 6.69. The topological polar surface area (TPSA) is 18.5 Å². The molecule has 0 aliphatic heterocycles. The molecule has 3 unspecified atom stereocenters. The van der Waals surface area contributed by atoms with Crippen LogP contribution < -0.4 is 0 Å². The molecule has 0 fully saturated rings. The molecule has 3 atom stereocenters. The van der Waals surface area contributed by atoms with E-state index in [0.29, 0.717) is 12.0 Å². The van der Waals surface area contributed by atoms with E-state index in [0.717, 1.165) is 19.1 Å². The molecule has 4 aliphatic carbocycles. The highest BCUT2D eigenvalue weighted by Gasteiger charge is 2.32. The van der Waals surface area contributed by atoms with Crippen LogP contribution in [0, 0.1) is 11.8 Å². The van der Waals surface area contributed by atoms with E-state index in [4.69, 9.17) is 9.47 Å². The predicted molar refractivity (Wildman–Crippen MR) is 107 cm³/mol. The summed E-state index contributed by atoms with van der Waals surface area (Å²) in [6.45, 7) is 1.89. The Balaban J connectivity index is 1.44. The normalized spacial score (nSPS) is 32.9. The smallest absolute Gasteiger partial charge is 0.0788 e. The van der Waals surface area contributed by atoms with E-state index in [9.17, 15) is 0 Å². The molecule has 2 heteroatoms. The summed E-state index contributed by atoms with van der Waals surface area (Å²) < 4.78 is 12.2. The Kier molecular flexibility index (Phi) is 6.53. The standard InChI is InChI=1S/C24H38O2/c1-25-16-20-14-15-24(23-13-4-2-3-12-22(20)23)26-17-19-10-7-9-18-8-5-6-11-21(18)19/h19-20,24H,2-17H2,1H3. The predicted octanol–water partition coefficient (Wildman–Crippen LogP) is 6.36. The van der Waals surface area contributed by atoms with Gasteiger partial charge in [-0.25, -0.2) is 0 Å². The summed E-state index contributed by atoms with van der Waals surface area (Å²) in [4.78, 5) is 0. The number of hydrogen-bond donors (Lipinski definition) is 0. The SMILES string of the molecule is COCC1CCC(OCC2CCCC3=C2CCCC3)C2=C1CCCCC2. The van der Waals surface area contributed by atoms with E-state index in [-0.39, 0.29) is 0 Å². The van der Waals surface area contributed by atoms with Gasteiger partial charge in [0.05, 0.1) is 19.3 Å². The molecule has 146 valence electrons. The summed E-state index contributed by atoms with van der Waals surface area (Å²) in [6, 6.07) is 0. The molecule has 0 saturated heterocycles. The van der Waals surface area contributed by atoms with Crippen molar-refractivity contribution in [2.45, 2.75) is 96.0 Å². The van der Waals surface area contributed by atoms with E-state index >= 15 is 0 Å². The summed E-state index contributed by atoms with van der Waals surface area (Å²) in [5, 5.41) is 0. The number of ether oxygens (including phenoxy) is 2. The molecule has 0 aromatic carbocycles. The third kappa shape index (κ3) is 4.12. The third-order valence-corrected chi connectivity index (χ3v) is 7.48. The van der Waals surface area contributed by atoms with Gasteiger partial charge in [0, 0.05) is 18.9 Å². The van der Waals surface area contributed by atoms with Crippen LogP contribution in [-0.2, 0) is 9.47 Å². The monoisotopic (exact) mass is 358 g/mol. The second kappa shape index (κ2) is 9.06. The highest BCUT2D eigenvalue weighted by molar-refractivity contribution is 5.26. The minimum absolute atomic E-state index is 0.408. The largest absolute Gasteiger partial charge is 0.384 e. The number of methoxy groups -OCH3 is 1. The van der Waals surface area contributed by atoms with Crippen LogP contribution in [0.2, 0.25) is 0 Å². The van der Waals surface area contributed by atoms with Gasteiger partial charge in [0.25, 0.3) is 0 Å². The van der Waals surface area contributed by atoms with Gasteiger partial charge in [-0.15, -0.1) is 0 Å². The molecule has 26 heavy (non-hydrogen) atoms. The zero-order chi connectivity index (χ0) is 17.8. The van der Waals surface area contributed by atoms with Crippen LogP contribution in [0.1, 0.15) is 89.9 Å². The van der Waals surface area contributed by atoms with Crippen LogP contribution in [0.5, 0.6) is 0 Å². The van der Waals surface area contributed by atoms with Crippen molar-refractivity contribution >= 4 is 0 Å². The lowest BCUT2D eigenvalue weighted by atomic mass is 9.76. The molecule has 0 amide bonds. The molecule has 0 spiro atoms. The highest BCUT2D eigenvalue weighted by atomic mass is 16.5. The minimum atomic E-state index is 0.408. The average molecular weight is 359 g/mol. The van der Waals surface area contributed by atoms with Crippen molar-refractivity contribution < 1.29 is 9.47 Å². The van der Waals surface area contributed by atoms with Gasteiger partial charge in [0.2, 0.25) is 0 Å². The molecule has 0 heterocycles. The fraction of sp³-hybridized carbons (Fsp3) is 0.833. The van der Waals surface area contributed by atoms with Crippen LogP contribution in [0.4, 0.5) is 0 Å². The van der Waals surface area contributed by atoms with Crippen molar-refractivity contribution in [3.63, 3.8) is 0 Å². The third-order valence-electron chi connectivity index (χ3n) is 7.48. The molecule has 4 aliphatic rings. The molecule has 0 bridgehead atoms. The van der Waals surface area contributed by atoms with Crippen molar-refractivity contribution in [1.29, 1.82) is 0 Å². The maximum absolute atomic E-state index is 6.69. The number of rotatable bonds is 5. The second-order valence-corrected chi connectivity index (χ2v) is 9.09. The quantitative estimate of drug-likeness (QED) is 0.532. The highest BCUT2D eigenvalue weighted by Crippen LogP contribution is 2.42. The fourth-order valence-electron chi connectivity index (χ4n) is 6.15. The van der Waals surface area contributed by atoms with Crippen LogP contribution in [0.3, 0.4) is 0 Å². The molecule has 4 rings (SSSR count).